The zero-order chi connectivity index (χ0) is 13.7. The van der Waals surface area contributed by atoms with Crippen molar-refractivity contribution in [3.05, 3.63) is 35.8 Å². The number of rotatable bonds is 3. The topological polar surface area (TPSA) is 25.2 Å². The zero-order valence-corrected chi connectivity index (χ0v) is 11.7. The van der Waals surface area contributed by atoms with Gasteiger partial charge in [-0.15, -0.1) is 0 Å². The summed E-state index contributed by atoms with van der Waals surface area (Å²) in [5.74, 6) is 3.19. The molecule has 0 aliphatic heterocycles. The Morgan fingerprint density at radius 2 is 2.15 bits per heavy atom. The highest BCUT2D eigenvalue weighted by atomic mass is 19.1. The molecule has 0 radical (unpaired) electrons. The van der Waals surface area contributed by atoms with E-state index in [9.17, 15) is 4.39 Å². The van der Waals surface area contributed by atoms with Gasteiger partial charge in [-0.25, -0.2) is 4.39 Å². The van der Waals surface area contributed by atoms with E-state index in [1.807, 2.05) is 13.1 Å². The molecule has 2 aliphatic carbocycles. The average Bonchev–Trinajstić information content (AvgIpc) is 3.13. The number of hydrogen-bond acceptors (Lipinski definition) is 2. The Morgan fingerprint density at radius 3 is 2.85 bits per heavy atom. The van der Waals surface area contributed by atoms with E-state index in [0.29, 0.717) is 5.92 Å². The average molecular weight is 273 g/mol. The molecule has 0 spiro atoms. The highest BCUT2D eigenvalue weighted by molar-refractivity contribution is 5.78. The van der Waals surface area contributed by atoms with Crippen molar-refractivity contribution in [3.63, 3.8) is 0 Å². The standard InChI is InChI=1S/C17H20FNO/c1-19-17(14-7-10-2-3-11(14)6-10)16-9-12-8-13(18)4-5-15(12)20-16/h4-5,8-11,14,17,19H,2-3,6-7H2,1H3. The molecule has 0 saturated heterocycles. The number of nitrogens with one attached hydrogen (secondary N) is 1. The highest BCUT2D eigenvalue weighted by Crippen LogP contribution is 2.52. The van der Waals surface area contributed by atoms with Gasteiger partial charge in [0.15, 0.2) is 0 Å². The molecule has 1 aromatic carbocycles. The van der Waals surface area contributed by atoms with Gasteiger partial charge in [0.1, 0.15) is 17.2 Å². The van der Waals surface area contributed by atoms with E-state index >= 15 is 0 Å². The molecule has 2 fully saturated rings. The van der Waals surface area contributed by atoms with Crippen molar-refractivity contribution in [1.29, 1.82) is 0 Å². The Bertz CT molecular complexity index is 635. The number of fused-ring (bicyclic) bond motifs is 3. The number of benzene rings is 1. The summed E-state index contributed by atoms with van der Waals surface area (Å²) in [7, 11) is 2.00. The minimum atomic E-state index is -0.203. The third-order valence-electron chi connectivity index (χ3n) is 5.34. The molecule has 4 rings (SSSR count). The highest BCUT2D eigenvalue weighted by Gasteiger charge is 2.43. The summed E-state index contributed by atoms with van der Waals surface area (Å²) in [6.45, 7) is 0. The fraction of sp³-hybridized carbons (Fsp3) is 0.529. The molecule has 4 unspecified atom stereocenters. The first-order chi connectivity index (χ1) is 9.74. The summed E-state index contributed by atoms with van der Waals surface area (Å²) in [5, 5.41) is 4.30. The lowest BCUT2D eigenvalue weighted by molar-refractivity contribution is 0.237. The van der Waals surface area contributed by atoms with Crippen LogP contribution in [0.25, 0.3) is 11.0 Å². The van der Waals surface area contributed by atoms with Crippen LogP contribution in [0.5, 0.6) is 0 Å². The third-order valence-corrected chi connectivity index (χ3v) is 5.34. The zero-order valence-electron chi connectivity index (χ0n) is 11.7. The quantitative estimate of drug-likeness (QED) is 0.903. The van der Waals surface area contributed by atoms with Crippen LogP contribution >= 0.6 is 0 Å². The molecule has 1 N–H and O–H groups in total. The van der Waals surface area contributed by atoms with Crippen molar-refractivity contribution in [2.45, 2.75) is 31.7 Å². The lowest BCUT2D eigenvalue weighted by atomic mass is 9.82. The van der Waals surface area contributed by atoms with Gasteiger partial charge in [-0.1, -0.05) is 6.42 Å². The predicted octanol–water partition coefficient (Wildman–Crippen LogP) is 4.27. The lowest BCUT2D eigenvalue weighted by Gasteiger charge is -2.28. The summed E-state index contributed by atoms with van der Waals surface area (Å²) in [6.07, 6.45) is 5.46. The van der Waals surface area contributed by atoms with Crippen LogP contribution in [0.2, 0.25) is 0 Å². The summed E-state index contributed by atoms with van der Waals surface area (Å²) >= 11 is 0. The molecule has 3 heteroatoms. The van der Waals surface area contributed by atoms with Gasteiger partial charge in [0.2, 0.25) is 0 Å². The van der Waals surface area contributed by atoms with Crippen molar-refractivity contribution in [2.24, 2.45) is 17.8 Å². The molecule has 106 valence electrons. The molecule has 2 aromatic rings. The van der Waals surface area contributed by atoms with Gasteiger partial charge >= 0.3 is 0 Å². The summed E-state index contributed by atoms with van der Waals surface area (Å²) in [5.41, 5.74) is 0.782. The Balaban J connectivity index is 1.69. The van der Waals surface area contributed by atoms with Gasteiger partial charge in [-0.2, -0.15) is 0 Å². The Morgan fingerprint density at radius 1 is 1.25 bits per heavy atom. The normalized spacial score (nSPS) is 30.2. The van der Waals surface area contributed by atoms with E-state index in [1.165, 1.54) is 31.7 Å². The summed E-state index contributed by atoms with van der Waals surface area (Å²) < 4.78 is 19.3. The third kappa shape index (κ3) is 1.87. The van der Waals surface area contributed by atoms with Gasteiger partial charge in [-0.05, 0) is 68.3 Å². The molecule has 2 nitrogen and oxygen atoms in total. The molecule has 20 heavy (non-hydrogen) atoms. The van der Waals surface area contributed by atoms with Gasteiger partial charge in [0.05, 0.1) is 6.04 Å². The predicted molar refractivity (Wildman–Crippen MR) is 76.9 cm³/mol. The maximum Gasteiger partial charge on any atom is 0.134 e. The molecule has 2 aliphatic rings. The molecule has 2 saturated carbocycles. The Kier molecular flexibility index (Phi) is 2.84. The number of hydrogen-bond donors (Lipinski definition) is 1. The fourth-order valence-electron chi connectivity index (χ4n) is 4.46. The van der Waals surface area contributed by atoms with Crippen LogP contribution in [0, 0.1) is 23.6 Å². The Labute approximate surface area is 118 Å². The van der Waals surface area contributed by atoms with Gasteiger partial charge in [0, 0.05) is 5.39 Å². The molecular formula is C17H20FNO. The van der Waals surface area contributed by atoms with E-state index in [2.05, 4.69) is 5.32 Å². The van der Waals surface area contributed by atoms with Crippen molar-refractivity contribution < 1.29 is 8.81 Å². The first-order valence-corrected chi connectivity index (χ1v) is 7.61. The van der Waals surface area contributed by atoms with Crippen LogP contribution < -0.4 is 5.32 Å². The Hall–Kier alpha value is -1.35. The van der Waals surface area contributed by atoms with Crippen molar-refractivity contribution in [2.75, 3.05) is 7.05 Å². The smallest absolute Gasteiger partial charge is 0.134 e. The van der Waals surface area contributed by atoms with E-state index in [4.69, 9.17) is 4.42 Å². The van der Waals surface area contributed by atoms with Crippen molar-refractivity contribution >= 4 is 11.0 Å². The monoisotopic (exact) mass is 273 g/mol. The van der Waals surface area contributed by atoms with Gasteiger partial charge in [-0.3, -0.25) is 0 Å². The first kappa shape index (κ1) is 12.4. The molecule has 4 atom stereocenters. The maximum atomic E-state index is 13.3. The maximum absolute atomic E-state index is 13.3. The van der Waals surface area contributed by atoms with E-state index in [0.717, 1.165) is 28.6 Å². The van der Waals surface area contributed by atoms with E-state index in [1.54, 1.807) is 12.1 Å². The molecule has 1 aromatic heterocycles. The second-order valence-corrected chi connectivity index (χ2v) is 6.44. The molecular weight excluding hydrogens is 253 g/mol. The van der Waals surface area contributed by atoms with Crippen LogP contribution in [-0.4, -0.2) is 7.05 Å². The largest absolute Gasteiger partial charge is 0.459 e. The van der Waals surface area contributed by atoms with E-state index in [-0.39, 0.29) is 11.9 Å². The minimum Gasteiger partial charge on any atom is -0.459 e. The van der Waals surface area contributed by atoms with Crippen molar-refractivity contribution in [1.82, 2.24) is 5.32 Å². The van der Waals surface area contributed by atoms with Crippen LogP contribution in [0.1, 0.15) is 37.5 Å². The van der Waals surface area contributed by atoms with Crippen LogP contribution in [0.3, 0.4) is 0 Å². The van der Waals surface area contributed by atoms with Gasteiger partial charge < -0.3 is 9.73 Å². The molecule has 0 amide bonds. The number of halogens is 1. The molecule has 1 heterocycles. The summed E-state index contributed by atoms with van der Waals surface area (Å²) in [4.78, 5) is 0. The lowest BCUT2D eigenvalue weighted by Crippen LogP contribution is -2.28. The number of furan rings is 1. The van der Waals surface area contributed by atoms with Crippen LogP contribution in [0.15, 0.2) is 28.7 Å². The molecule has 2 bridgehead atoms. The minimum absolute atomic E-state index is 0.203. The van der Waals surface area contributed by atoms with Gasteiger partial charge in [0.25, 0.3) is 0 Å². The van der Waals surface area contributed by atoms with Crippen LogP contribution in [-0.2, 0) is 0 Å². The summed E-state index contributed by atoms with van der Waals surface area (Å²) in [6, 6.07) is 7.01. The second-order valence-electron chi connectivity index (χ2n) is 6.44. The van der Waals surface area contributed by atoms with E-state index < -0.39 is 0 Å². The van der Waals surface area contributed by atoms with Crippen molar-refractivity contribution in [3.8, 4) is 0 Å². The first-order valence-electron chi connectivity index (χ1n) is 7.61. The fourth-order valence-corrected chi connectivity index (χ4v) is 4.46. The SMILES string of the molecule is CNC(c1cc2cc(F)ccc2o1)C1CC2CCC1C2. The van der Waals surface area contributed by atoms with Crippen LogP contribution in [0.4, 0.5) is 4.39 Å². The second kappa shape index (κ2) is 4.59.